The number of sulfone groups is 1. The highest BCUT2D eigenvalue weighted by Gasteiger charge is 2.43. The number of hydrogen-bond donors (Lipinski definition) is 0. The molecule has 0 bridgehead atoms. The highest BCUT2D eigenvalue weighted by Crippen LogP contribution is 2.29. The molecule has 0 N–H and O–H groups in total. The number of rotatable bonds is 4. The van der Waals surface area contributed by atoms with Gasteiger partial charge in [0, 0.05) is 25.2 Å². The van der Waals surface area contributed by atoms with E-state index in [9.17, 15) is 21.6 Å². The van der Waals surface area contributed by atoms with Crippen LogP contribution in [0.15, 0.2) is 34.1 Å². The van der Waals surface area contributed by atoms with Gasteiger partial charge in [-0.05, 0) is 58.9 Å². The van der Waals surface area contributed by atoms with E-state index in [0.29, 0.717) is 0 Å². The van der Waals surface area contributed by atoms with E-state index in [4.69, 9.17) is 4.74 Å². The molecule has 2 rings (SSSR count). The van der Waals surface area contributed by atoms with Crippen LogP contribution >= 0.6 is 0 Å². The van der Waals surface area contributed by atoms with E-state index in [1.807, 2.05) is 0 Å². The number of piperazine rings is 1. The molecule has 1 aromatic carbocycles. The van der Waals surface area contributed by atoms with Gasteiger partial charge < -0.3 is 9.64 Å². The predicted molar refractivity (Wildman–Crippen MR) is 110 cm³/mol. The van der Waals surface area contributed by atoms with Gasteiger partial charge in [0.05, 0.1) is 15.5 Å². The summed E-state index contributed by atoms with van der Waals surface area (Å²) in [6, 6.07) is 5.26. The maximum atomic E-state index is 13.2. The van der Waals surface area contributed by atoms with Gasteiger partial charge in [-0.1, -0.05) is 6.92 Å². The van der Waals surface area contributed by atoms with Crippen LogP contribution in [0.4, 0.5) is 4.79 Å². The summed E-state index contributed by atoms with van der Waals surface area (Å²) in [7, 11) is -7.27. The monoisotopic (exact) mass is 446 g/mol. The Kier molecular flexibility index (Phi) is 6.42. The summed E-state index contributed by atoms with van der Waals surface area (Å²) >= 11 is 0. The largest absolute Gasteiger partial charge is 0.444 e. The Balaban J connectivity index is 2.25. The summed E-state index contributed by atoms with van der Waals surface area (Å²) in [6.45, 7) is 10.9. The molecule has 8 nitrogen and oxygen atoms in total. The van der Waals surface area contributed by atoms with E-state index in [2.05, 4.69) is 0 Å². The first-order chi connectivity index (χ1) is 13.1. The van der Waals surface area contributed by atoms with Crippen LogP contribution in [0.2, 0.25) is 0 Å². The molecule has 1 fully saturated rings. The Bertz CT molecular complexity index is 961. The molecule has 1 heterocycles. The van der Waals surface area contributed by atoms with Crippen molar-refractivity contribution in [2.24, 2.45) is 0 Å². The molecule has 164 valence electrons. The van der Waals surface area contributed by atoms with Crippen molar-refractivity contribution in [1.82, 2.24) is 9.21 Å². The molecule has 0 atom stereocenters. The lowest BCUT2D eigenvalue weighted by Crippen LogP contribution is -2.62. The van der Waals surface area contributed by atoms with Gasteiger partial charge in [0.15, 0.2) is 9.84 Å². The molecule has 29 heavy (non-hydrogen) atoms. The molecule has 1 saturated heterocycles. The average Bonchev–Trinajstić information content (AvgIpc) is 2.59. The minimum absolute atomic E-state index is 0.0198. The summed E-state index contributed by atoms with van der Waals surface area (Å²) in [5.74, 6) is -0.0568. The van der Waals surface area contributed by atoms with E-state index < -0.39 is 37.1 Å². The van der Waals surface area contributed by atoms with Gasteiger partial charge in [-0.25, -0.2) is 21.6 Å². The molecule has 0 saturated carbocycles. The lowest BCUT2D eigenvalue weighted by atomic mass is 10.0. The topological polar surface area (TPSA) is 101 Å². The van der Waals surface area contributed by atoms with Gasteiger partial charge in [-0.3, -0.25) is 0 Å². The quantitative estimate of drug-likeness (QED) is 0.704. The summed E-state index contributed by atoms with van der Waals surface area (Å²) in [5, 5.41) is 0. The van der Waals surface area contributed by atoms with Crippen LogP contribution in [-0.2, 0) is 24.6 Å². The molecule has 1 aromatic rings. The third-order valence-corrected chi connectivity index (χ3v) is 8.50. The van der Waals surface area contributed by atoms with Crippen LogP contribution in [0.5, 0.6) is 0 Å². The molecular formula is C19H30N2O6S2. The molecule has 0 unspecified atom stereocenters. The van der Waals surface area contributed by atoms with Crippen molar-refractivity contribution < 1.29 is 26.4 Å². The van der Waals surface area contributed by atoms with Crippen molar-refractivity contribution in [2.75, 3.05) is 25.4 Å². The number of carbonyl (C=O) groups is 1. The first kappa shape index (κ1) is 23.6. The number of amides is 1. The molecule has 0 radical (unpaired) electrons. The second kappa shape index (κ2) is 7.88. The number of hydrogen-bond acceptors (Lipinski definition) is 6. The van der Waals surface area contributed by atoms with Crippen LogP contribution in [0.3, 0.4) is 0 Å². The summed E-state index contributed by atoms with van der Waals surface area (Å²) in [6.07, 6.45) is -0.475. The Morgan fingerprint density at radius 3 is 2.00 bits per heavy atom. The van der Waals surface area contributed by atoms with Crippen molar-refractivity contribution in [3.63, 3.8) is 0 Å². The molecule has 0 aliphatic carbocycles. The third-order valence-electron chi connectivity index (χ3n) is 4.63. The number of nitrogens with zero attached hydrogens (tertiary/aromatic N) is 2. The van der Waals surface area contributed by atoms with Gasteiger partial charge in [0.25, 0.3) is 0 Å². The molecule has 0 aromatic heterocycles. The van der Waals surface area contributed by atoms with Gasteiger partial charge >= 0.3 is 6.09 Å². The predicted octanol–water partition coefficient (Wildman–Crippen LogP) is 2.50. The molecule has 0 spiro atoms. The van der Waals surface area contributed by atoms with Gasteiger partial charge in [0.2, 0.25) is 10.0 Å². The third kappa shape index (κ3) is 5.29. The first-order valence-corrected chi connectivity index (χ1v) is 12.5. The fraction of sp³-hybridized carbons (Fsp3) is 0.632. The Labute approximate surface area is 173 Å². The number of sulfonamides is 1. The Hall–Kier alpha value is -1.65. The summed E-state index contributed by atoms with van der Waals surface area (Å²) < 4.78 is 57.0. The standard InChI is InChI=1S/C19H30N2O6S2/c1-7-28(23,24)15-8-10-16(11-9-15)29(25,26)21-13-12-20(14-19(21,5)6)17(22)27-18(2,3)4/h8-11H,7,12-14H2,1-6H3. The zero-order chi connectivity index (χ0) is 22.3. The van der Waals surface area contributed by atoms with Crippen LogP contribution in [0, 0.1) is 0 Å². The maximum Gasteiger partial charge on any atom is 0.410 e. The molecular weight excluding hydrogens is 416 g/mol. The van der Waals surface area contributed by atoms with Crippen molar-refractivity contribution in [3.8, 4) is 0 Å². The lowest BCUT2D eigenvalue weighted by molar-refractivity contribution is 0.00352. The smallest absolute Gasteiger partial charge is 0.410 e. The zero-order valence-corrected chi connectivity index (χ0v) is 19.4. The number of benzene rings is 1. The van der Waals surface area contributed by atoms with Crippen LogP contribution in [-0.4, -0.2) is 68.7 Å². The fourth-order valence-electron chi connectivity index (χ4n) is 3.18. The Morgan fingerprint density at radius 2 is 1.55 bits per heavy atom. The van der Waals surface area contributed by atoms with Gasteiger partial charge in [-0.15, -0.1) is 0 Å². The minimum atomic E-state index is -3.86. The Morgan fingerprint density at radius 1 is 1.03 bits per heavy atom. The molecule has 1 amide bonds. The second-order valence-corrected chi connectivity index (χ2v) is 12.8. The van der Waals surface area contributed by atoms with Crippen LogP contribution < -0.4 is 0 Å². The van der Waals surface area contributed by atoms with Crippen molar-refractivity contribution in [3.05, 3.63) is 24.3 Å². The normalized spacial score (nSPS) is 18.5. The highest BCUT2D eigenvalue weighted by atomic mass is 32.2. The molecule has 1 aliphatic heterocycles. The second-order valence-electron chi connectivity index (χ2n) is 8.67. The van der Waals surface area contributed by atoms with Crippen molar-refractivity contribution >= 4 is 26.0 Å². The van der Waals surface area contributed by atoms with Crippen LogP contribution in [0.1, 0.15) is 41.5 Å². The van der Waals surface area contributed by atoms with E-state index in [-0.39, 0.29) is 35.2 Å². The van der Waals surface area contributed by atoms with E-state index in [0.717, 1.165) is 0 Å². The van der Waals surface area contributed by atoms with E-state index >= 15 is 0 Å². The summed E-state index contributed by atoms with van der Waals surface area (Å²) in [4.78, 5) is 14.0. The average molecular weight is 447 g/mol. The SMILES string of the molecule is CCS(=O)(=O)c1ccc(S(=O)(=O)N2CCN(C(=O)OC(C)(C)C)CC2(C)C)cc1. The van der Waals surface area contributed by atoms with E-state index in [1.165, 1.54) is 40.4 Å². The maximum absolute atomic E-state index is 13.2. The summed E-state index contributed by atoms with van der Waals surface area (Å²) in [5.41, 5.74) is -1.49. The highest BCUT2D eigenvalue weighted by molar-refractivity contribution is 7.91. The molecule has 1 aliphatic rings. The fourth-order valence-corrected chi connectivity index (χ4v) is 5.83. The zero-order valence-electron chi connectivity index (χ0n) is 17.8. The lowest BCUT2D eigenvalue weighted by Gasteiger charge is -2.45. The van der Waals surface area contributed by atoms with Crippen molar-refractivity contribution in [2.45, 2.75) is 62.5 Å². The first-order valence-electron chi connectivity index (χ1n) is 9.44. The van der Waals surface area contributed by atoms with Crippen molar-refractivity contribution in [1.29, 1.82) is 0 Å². The van der Waals surface area contributed by atoms with Gasteiger partial charge in [-0.2, -0.15) is 4.31 Å². The van der Waals surface area contributed by atoms with Crippen LogP contribution in [0.25, 0.3) is 0 Å². The number of ether oxygens (including phenoxy) is 1. The minimum Gasteiger partial charge on any atom is -0.444 e. The van der Waals surface area contributed by atoms with Gasteiger partial charge in [0.1, 0.15) is 5.60 Å². The number of carbonyl (C=O) groups excluding carboxylic acids is 1. The van der Waals surface area contributed by atoms with E-state index in [1.54, 1.807) is 34.6 Å². The molecule has 10 heteroatoms.